The number of aliphatic imine (C=N–C) groups is 1. The van der Waals surface area contributed by atoms with Crippen molar-refractivity contribution in [1.29, 1.82) is 0 Å². The van der Waals surface area contributed by atoms with E-state index in [9.17, 15) is 4.79 Å². The van der Waals surface area contributed by atoms with Gasteiger partial charge in [-0.3, -0.25) is 4.57 Å². The Bertz CT molecular complexity index is 1300. The second-order valence-corrected chi connectivity index (χ2v) is 9.81. The summed E-state index contributed by atoms with van der Waals surface area (Å²) in [5.74, 6) is 2.03. The third-order valence-corrected chi connectivity index (χ3v) is 6.16. The Hall–Kier alpha value is -3.81. The van der Waals surface area contributed by atoms with E-state index >= 15 is 0 Å². The molecule has 1 saturated carbocycles. The highest BCUT2D eigenvalue weighted by atomic mass is 16.6. The third-order valence-electron chi connectivity index (χ3n) is 6.16. The standard InChI is InChI=1S/C26H28N6O2/c1-6-19-16(2)22-30-31-23(32(22)20-8-7-15-27-21(20)28-19)17-9-11-18(12-10-17)26(13-14-26)29-24(33)34-25(3,4)5/h6-12,15-16H,1,13-14H2,2-5H3,(H,29,33). The number of carbonyl (C=O) groups excluding carboxylic acids is 1. The van der Waals surface area contributed by atoms with Gasteiger partial charge in [0, 0.05) is 11.8 Å². The average Bonchev–Trinajstić information content (AvgIpc) is 3.46. The maximum Gasteiger partial charge on any atom is 0.408 e. The monoisotopic (exact) mass is 456 g/mol. The summed E-state index contributed by atoms with van der Waals surface area (Å²) in [4.78, 5) is 21.5. The zero-order valence-electron chi connectivity index (χ0n) is 19.9. The quantitative estimate of drug-likeness (QED) is 0.581. The normalized spacial score (nSPS) is 18.1. The molecule has 1 fully saturated rings. The first-order valence-electron chi connectivity index (χ1n) is 11.4. The topological polar surface area (TPSA) is 94.3 Å². The van der Waals surface area contributed by atoms with E-state index in [4.69, 9.17) is 9.73 Å². The number of allylic oxidation sites excluding steroid dienone is 1. The minimum Gasteiger partial charge on any atom is -0.444 e. The van der Waals surface area contributed by atoms with Crippen LogP contribution in [0.15, 0.2) is 60.2 Å². The highest BCUT2D eigenvalue weighted by molar-refractivity contribution is 6.01. The van der Waals surface area contributed by atoms with Gasteiger partial charge < -0.3 is 10.1 Å². The molecular weight excluding hydrogens is 428 g/mol. The molecule has 1 amide bonds. The van der Waals surface area contributed by atoms with E-state index in [-0.39, 0.29) is 11.5 Å². The number of carbonyl (C=O) groups is 1. The zero-order chi connectivity index (χ0) is 24.1. The smallest absolute Gasteiger partial charge is 0.408 e. The molecule has 1 aromatic carbocycles. The van der Waals surface area contributed by atoms with E-state index in [2.05, 4.69) is 27.1 Å². The fourth-order valence-electron chi connectivity index (χ4n) is 4.27. The number of amides is 1. The van der Waals surface area contributed by atoms with Crippen molar-refractivity contribution in [3.8, 4) is 17.1 Å². The Morgan fingerprint density at radius 2 is 1.94 bits per heavy atom. The fraction of sp³-hybridized carbons (Fsp3) is 0.346. The van der Waals surface area contributed by atoms with Crippen LogP contribution in [-0.4, -0.2) is 37.2 Å². The maximum atomic E-state index is 12.4. The van der Waals surface area contributed by atoms with Crippen LogP contribution in [0.3, 0.4) is 0 Å². The molecule has 5 rings (SSSR count). The van der Waals surface area contributed by atoms with Crippen LogP contribution in [0, 0.1) is 0 Å². The summed E-state index contributed by atoms with van der Waals surface area (Å²) in [5, 5.41) is 12.1. The Labute approximate surface area is 198 Å². The molecule has 0 saturated heterocycles. The van der Waals surface area contributed by atoms with E-state index in [0.29, 0.717) is 11.6 Å². The van der Waals surface area contributed by atoms with Crippen molar-refractivity contribution in [1.82, 2.24) is 25.1 Å². The molecule has 3 heterocycles. The van der Waals surface area contributed by atoms with Crippen LogP contribution in [0.25, 0.3) is 17.1 Å². The van der Waals surface area contributed by atoms with Crippen molar-refractivity contribution in [2.24, 2.45) is 4.99 Å². The van der Waals surface area contributed by atoms with Gasteiger partial charge in [0.05, 0.1) is 22.9 Å². The lowest BCUT2D eigenvalue weighted by molar-refractivity contribution is 0.0495. The van der Waals surface area contributed by atoms with Gasteiger partial charge >= 0.3 is 6.09 Å². The summed E-state index contributed by atoms with van der Waals surface area (Å²) in [5.41, 5.74) is 2.69. The second kappa shape index (κ2) is 7.90. The summed E-state index contributed by atoms with van der Waals surface area (Å²) >= 11 is 0. The van der Waals surface area contributed by atoms with Crippen LogP contribution in [0.5, 0.6) is 0 Å². The number of alkyl carbamates (subject to hydrolysis) is 1. The predicted molar refractivity (Wildman–Crippen MR) is 131 cm³/mol. The number of nitrogens with one attached hydrogen (secondary N) is 1. The number of benzene rings is 1. The van der Waals surface area contributed by atoms with E-state index in [1.807, 2.05) is 68.7 Å². The predicted octanol–water partition coefficient (Wildman–Crippen LogP) is 5.22. The molecular formula is C26H28N6O2. The van der Waals surface area contributed by atoms with Crippen molar-refractivity contribution >= 4 is 17.6 Å². The van der Waals surface area contributed by atoms with Gasteiger partial charge in [-0.25, -0.2) is 14.8 Å². The van der Waals surface area contributed by atoms with Crippen LogP contribution in [-0.2, 0) is 10.3 Å². The molecule has 0 bridgehead atoms. The molecule has 2 aromatic heterocycles. The first-order valence-corrected chi connectivity index (χ1v) is 11.4. The number of ether oxygens (including phenoxy) is 1. The van der Waals surface area contributed by atoms with Crippen LogP contribution in [0.4, 0.5) is 10.6 Å². The first-order chi connectivity index (χ1) is 16.2. The van der Waals surface area contributed by atoms with Crippen molar-refractivity contribution in [2.45, 2.75) is 57.6 Å². The molecule has 1 aliphatic heterocycles. The van der Waals surface area contributed by atoms with Crippen LogP contribution in [0.2, 0.25) is 0 Å². The number of hydrogen-bond donors (Lipinski definition) is 1. The molecule has 34 heavy (non-hydrogen) atoms. The van der Waals surface area contributed by atoms with E-state index < -0.39 is 11.7 Å². The molecule has 1 N–H and O–H groups in total. The summed E-state index contributed by atoms with van der Waals surface area (Å²) in [7, 11) is 0. The van der Waals surface area contributed by atoms with Gasteiger partial charge in [-0.1, -0.05) is 30.8 Å². The van der Waals surface area contributed by atoms with Crippen molar-refractivity contribution in [3.05, 3.63) is 66.6 Å². The van der Waals surface area contributed by atoms with Gasteiger partial charge in [-0.15, -0.1) is 10.2 Å². The Kier molecular flexibility index (Phi) is 5.11. The van der Waals surface area contributed by atoms with Gasteiger partial charge in [0.2, 0.25) is 0 Å². The highest BCUT2D eigenvalue weighted by Gasteiger charge is 2.46. The number of rotatable bonds is 4. The molecule has 174 valence electrons. The molecule has 0 spiro atoms. The fourth-order valence-corrected chi connectivity index (χ4v) is 4.27. The number of fused-ring (bicyclic) bond motifs is 3. The zero-order valence-corrected chi connectivity index (χ0v) is 19.9. The van der Waals surface area contributed by atoms with E-state index in [0.717, 1.165) is 41.2 Å². The van der Waals surface area contributed by atoms with E-state index in [1.54, 1.807) is 12.3 Å². The Morgan fingerprint density at radius 1 is 1.21 bits per heavy atom. The first kappa shape index (κ1) is 22.0. The number of hydrogen-bond acceptors (Lipinski definition) is 6. The number of pyridine rings is 1. The molecule has 8 heteroatoms. The summed E-state index contributed by atoms with van der Waals surface area (Å²) in [6, 6.07) is 12.0. The van der Waals surface area contributed by atoms with Gasteiger partial charge in [0.25, 0.3) is 0 Å². The summed E-state index contributed by atoms with van der Waals surface area (Å²) in [6.45, 7) is 11.5. The van der Waals surface area contributed by atoms with Gasteiger partial charge in [0.15, 0.2) is 11.6 Å². The lowest BCUT2D eigenvalue weighted by Gasteiger charge is -2.23. The third kappa shape index (κ3) is 3.89. The second-order valence-electron chi connectivity index (χ2n) is 9.81. The number of nitrogens with zero attached hydrogens (tertiary/aromatic N) is 5. The SMILES string of the molecule is C=CC1=Nc2ncccc2-n2c(-c3ccc(C4(NC(=O)OC(C)(C)C)CC4)cc3)nnc2C1C. The molecule has 3 aromatic rings. The number of aromatic nitrogens is 4. The Balaban J connectivity index is 1.48. The maximum absolute atomic E-state index is 12.4. The molecule has 1 unspecified atom stereocenters. The van der Waals surface area contributed by atoms with Crippen molar-refractivity contribution in [3.63, 3.8) is 0 Å². The molecule has 2 aliphatic rings. The molecule has 0 radical (unpaired) electrons. The van der Waals surface area contributed by atoms with Gasteiger partial charge in [0.1, 0.15) is 11.4 Å². The van der Waals surface area contributed by atoms with Crippen LogP contribution in [0.1, 0.15) is 57.8 Å². The molecule has 1 aliphatic carbocycles. The Morgan fingerprint density at radius 3 is 2.59 bits per heavy atom. The molecule has 1 atom stereocenters. The lowest BCUT2D eigenvalue weighted by Crippen LogP contribution is -2.39. The van der Waals surface area contributed by atoms with Gasteiger partial charge in [-0.05, 0) is 64.3 Å². The average molecular weight is 457 g/mol. The van der Waals surface area contributed by atoms with Gasteiger partial charge in [-0.2, -0.15) is 0 Å². The summed E-state index contributed by atoms with van der Waals surface area (Å²) in [6.07, 6.45) is 4.83. The van der Waals surface area contributed by atoms with Crippen LogP contribution >= 0.6 is 0 Å². The van der Waals surface area contributed by atoms with Crippen LogP contribution < -0.4 is 5.32 Å². The minimum absolute atomic E-state index is 0.0833. The summed E-state index contributed by atoms with van der Waals surface area (Å²) < 4.78 is 7.48. The van der Waals surface area contributed by atoms with Crippen molar-refractivity contribution in [2.75, 3.05) is 0 Å². The minimum atomic E-state index is -0.535. The van der Waals surface area contributed by atoms with E-state index in [1.165, 1.54) is 0 Å². The lowest BCUT2D eigenvalue weighted by atomic mass is 10.0. The highest BCUT2D eigenvalue weighted by Crippen LogP contribution is 2.46. The van der Waals surface area contributed by atoms with Crippen molar-refractivity contribution < 1.29 is 9.53 Å². The largest absolute Gasteiger partial charge is 0.444 e. The molecule has 8 nitrogen and oxygen atoms in total.